The molecule has 2 aromatic heterocycles. The first-order valence-corrected chi connectivity index (χ1v) is 8.12. The molecule has 0 radical (unpaired) electrons. The fourth-order valence-electron chi connectivity index (χ4n) is 2.28. The Hall–Kier alpha value is -2.54. The summed E-state index contributed by atoms with van der Waals surface area (Å²) in [5.41, 5.74) is 13.6. The lowest BCUT2D eigenvalue weighted by atomic mass is 10.1. The lowest BCUT2D eigenvalue weighted by molar-refractivity contribution is 0.559. The van der Waals surface area contributed by atoms with Crippen LogP contribution in [-0.4, -0.2) is 9.97 Å². The van der Waals surface area contributed by atoms with Crippen LogP contribution in [0.3, 0.4) is 0 Å². The molecule has 0 bridgehead atoms. The maximum atomic E-state index is 11.8. The summed E-state index contributed by atoms with van der Waals surface area (Å²) < 4.78 is 5.30. The van der Waals surface area contributed by atoms with Crippen LogP contribution in [0.2, 0.25) is 0 Å². The van der Waals surface area contributed by atoms with Gasteiger partial charge < -0.3 is 15.9 Å². The second-order valence-electron chi connectivity index (χ2n) is 5.06. The summed E-state index contributed by atoms with van der Waals surface area (Å²) in [5.74, 6) is 1.17. The minimum atomic E-state index is -0.366. The van der Waals surface area contributed by atoms with Gasteiger partial charge in [-0.1, -0.05) is 30.8 Å². The highest BCUT2D eigenvalue weighted by Gasteiger charge is 2.09. The summed E-state index contributed by atoms with van der Waals surface area (Å²) in [5, 5.41) is 1.39. The van der Waals surface area contributed by atoms with E-state index in [1.807, 2.05) is 18.2 Å². The van der Waals surface area contributed by atoms with Gasteiger partial charge in [0, 0.05) is 23.3 Å². The zero-order chi connectivity index (χ0) is 16.4. The van der Waals surface area contributed by atoms with Gasteiger partial charge in [0.1, 0.15) is 17.2 Å². The Kier molecular flexibility index (Phi) is 4.20. The van der Waals surface area contributed by atoms with E-state index in [0.29, 0.717) is 28.1 Å². The van der Waals surface area contributed by atoms with Gasteiger partial charge in [-0.05, 0) is 23.6 Å². The van der Waals surface area contributed by atoms with E-state index in [9.17, 15) is 4.79 Å². The highest BCUT2D eigenvalue weighted by Crippen LogP contribution is 2.26. The van der Waals surface area contributed by atoms with Crippen LogP contribution in [0.25, 0.3) is 11.0 Å². The summed E-state index contributed by atoms with van der Waals surface area (Å²) in [7, 11) is 0. The molecule has 7 heteroatoms. The smallest absolute Gasteiger partial charge is 0.336 e. The van der Waals surface area contributed by atoms with Gasteiger partial charge in [0.15, 0.2) is 5.16 Å². The van der Waals surface area contributed by atoms with Gasteiger partial charge in [-0.25, -0.2) is 14.8 Å². The lowest BCUT2D eigenvalue weighted by Crippen LogP contribution is -2.02. The Morgan fingerprint density at radius 1 is 1.13 bits per heavy atom. The Morgan fingerprint density at radius 2 is 1.87 bits per heavy atom. The fourth-order valence-corrected chi connectivity index (χ4v) is 3.15. The van der Waals surface area contributed by atoms with Crippen molar-refractivity contribution in [3.05, 3.63) is 51.9 Å². The molecular weight excluding hydrogens is 312 g/mol. The quantitative estimate of drug-likeness (QED) is 0.430. The fraction of sp³-hybridized carbons (Fsp3) is 0.188. The third kappa shape index (κ3) is 3.45. The third-order valence-electron chi connectivity index (χ3n) is 3.40. The number of thioether (sulfide) groups is 1. The zero-order valence-electron chi connectivity index (χ0n) is 12.6. The molecule has 1 aromatic carbocycles. The van der Waals surface area contributed by atoms with E-state index in [1.54, 1.807) is 0 Å². The van der Waals surface area contributed by atoms with Crippen molar-refractivity contribution in [2.75, 3.05) is 11.5 Å². The third-order valence-corrected chi connectivity index (χ3v) is 4.30. The van der Waals surface area contributed by atoms with Crippen LogP contribution in [0.4, 0.5) is 11.6 Å². The maximum absolute atomic E-state index is 11.8. The molecule has 118 valence electrons. The van der Waals surface area contributed by atoms with Crippen molar-refractivity contribution >= 4 is 34.4 Å². The number of anilines is 2. The van der Waals surface area contributed by atoms with Crippen LogP contribution in [-0.2, 0) is 12.2 Å². The molecule has 3 aromatic rings. The number of aromatic nitrogens is 2. The van der Waals surface area contributed by atoms with Crippen molar-refractivity contribution in [1.29, 1.82) is 0 Å². The van der Waals surface area contributed by atoms with Gasteiger partial charge >= 0.3 is 5.63 Å². The van der Waals surface area contributed by atoms with Crippen molar-refractivity contribution in [2.24, 2.45) is 0 Å². The number of hydrogen-bond donors (Lipinski definition) is 2. The molecule has 0 saturated heterocycles. The molecule has 0 aliphatic carbocycles. The molecule has 0 aliphatic rings. The first-order chi connectivity index (χ1) is 11.0. The molecule has 3 rings (SSSR count). The summed E-state index contributed by atoms with van der Waals surface area (Å²) in [6.45, 7) is 2.06. The number of nitrogens with two attached hydrogens (primary N) is 2. The number of hydrogen-bond acceptors (Lipinski definition) is 7. The summed E-state index contributed by atoms with van der Waals surface area (Å²) in [4.78, 5) is 20.0. The molecular formula is C16H16N4O2S. The highest BCUT2D eigenvalue weighted by atomic mass is 32.2. The van der Waals surface area contributed by atoms with E-state index < -0.39 is 0 Å². The van der Waals surface area contributed by atoms with Gasteiger partial charge in [-0.15, -0.1) is 0 Å². The summed E-state index contributed by atoms with van der Waals surface area (Å²) in [6, 6.07) is 8.91. The van der Waals surface area contributed by atoms with E-state index in [0.717, 1.165) is 22.9 Å². The van der Waals surface area contributed by atoms with Crippen LogP contribution >= 0.6 is 11.8 Å². The van der Waals surface area contributed by atoms with Crippen molar-refractivity contribution in [1.82, 2.24) is 9.97 Å². The number of aryl methyl sites for hydroxylation is 1. The van der Waals surface area contributed by atoms with Gasteiger partial charge in [-0.3, -0.25) is 0 Å². The Bertz CT molecular complexity index is 903. The van der Waals surface area contributed by atoms with Crippen molar-refractivity contribution in [2.45, 2.75) is 24.3 Å². The predicted octanol–water partition coefficient (Wildman–Crippen LogP) is 2.60. The molecule has 0 aliphatic heterocycles. The largest absolute Gasteiger partial charge is 0.423 e. The van der Waals surface area contributed by atoms with Crippen LogP contribution in [0, 0.1) is 0 Å². The number of nitrogen functional groups attached to an aromatic ring is 2. The van der Waals surface area contributed by atoms with Crippen LogP contribution in [0.5, 0.6) is 0 Å². The molecule has 4 N–H and O–H groups in total. The minimum absolute atomic E-state index is 0.324. The maximum Gasteiger partial charge on any atom is 0.336 e. The van der Waals surface area contributed by atoms with Crippen molar-refractivity contribution in [3.8, 4) is 0 Å². The first kappa shape index (κ1) is 15.4. The highest BCUT2D eigenvalue weighted by molar-refractivity contribution is 7.98. The van der Waals surface area contributed by atoms with Crippen molar-refractivity contribution in [3.63, 3.8) is 0 Å². The molecule has 6 nitrogen and oxygen atoms in total. The molecule has 0 fully saturated rings. The number of benzene rings is 1. The van der Waals surface area contributed by atoms with E-state index in [1.165, 1.54) is 23.9 Å². The Morgan fingerprint density at radius 3 is 2.57 bits per heavy atom. The van der Waals surface area contributed by atoms with E-state index in [2.05, 4.69) is 16.9 Å². The molecule has 0 spiro atoms. The Balaban J connectivity index is 1.94. The van der Waals surface area contributed by atoms with Gasteiger partial charge in [0.2, 0.25) is 0 Å². The predicted molar refractivity (Wildman–Crippen MR) is 92.3 cm³/mol. The van der Waals surface area contributed by atoms with E-state index >= 15 is 0 Å². The van der Waals surface area contributed by atoms with E-state index in [4.69, 9.17) is 15.9 Å². The van der Waals surface area contributed by atoms with Gasteiger partial charge in [0.25, 0.3) is 0 Å². The average molecular weight is 328 g/mol. The second kappa shape index (κ2) is 6.29. The Labute approximate surface area is 136 Å². The molecule has 0 saturated carbocycles. The molecule has 0 amide bonds. The molecule has 23 heavy (non-hydrogen) atoms. The van der Waals surface area contributed by atoms with Crippen LogP contribution in [0.1, 0.15) is 18.1 Å². The van der Waals surface area contributed by atoms with Gasteiger partial charge in [0.05, 0.1) is 0 Å². The van der Waals surface area contributed by atoms with Crippen LogP contribution in [0.15, 0.2) is 44.7 Å². The standard InChI is InChI=1S/C16H16N4O2S/c1-2-9-3-4-11-10(6-15(21)22-12(11)5-9)8-23-16-19-13(17)7-14(18)20-16/h3-7H,2,8H2,1H3,(H4,17,18,19,20). The molecule has 0 atom stereocenters. The number of rotatable bonds is 4. The monoisotopic (exact) mass is 328 g/mol. The second-order valence-corrected chi connectivity index (χ2v) is 6.01. The SMILES string of the molecule is CCc1ccc2c(CSc3nc(N)cc(N)n3)cc(=O)oc2c1. The topological polar surface area (TPSA) is 108 Å². The minimum Gasteiger partial charge on any atom is -0.423 e. The summed E-state index contributed by atoms with van der Waals surface area (Å²) in [6.07, 6.45) is 0.884. The number of fused-ring (bicyclic) bond motifs is 1. The van der Waals surface area contributed by atoms with Crippen molar-refractivity contribution < 1.29 is 4.42 Å². The zero-order valence-corrected chi connectivity index (χ0v) is 13.4. The summed E-state index contributed by atoms with van der Waals surface area (Å²) >= 11 is 1.37. The molecule has 0 unspecified atom stereocenters. The normalized spacial score (nSPS) is 11.0. The number of nitrogens with zero attached hydrogens (tertiary/aromatic N) is 2. The molecule has 2 heterocycles. The first-order valence-electron chi connectivity index (χ1n) is 7.13. The van der Waals surface area contributed by atoms with Crippen LogP contribution < -0.4 is 17.1 Å². The average Bonchev–Trinajstić information content (AvgIpc) is 2.50. The lowest BCUT2D eigenvalue weighted by Gasteiger charge is -2.07. The van der Waals surface area contributed by atoms with E-state index in [-0.39, 0.29) is 5.63 Å². The van der Waals surface area contributed by atoms with Gasteiger partial charge in [-0.2, -0.15) is 0 Å².